The maximum absolute atomic E-state index is 15.0. The zero-order chi connectivity index (χ0) is 70.6. The number of aryl methyl sites for hydroxylation is 3. The van der Waals surface area contributed by atoms with Crippen LogP contribution < -0.4 is 22.7 Å². The van der Waals surface area contributed by atoms with Crippen molar-refractivity contribution in [2.45, 2.75) is 215 Å². The molecule has 3 aliphatic carbocycles. The molecular formula is C78H90BBrF3N9O5. The van der Waals surface area contributed by atoms with E-state index in [4.69, 9.17) is 46.2 Å². The van der Waals surface area contributed by atoms with Crippen LogP contribution >= 0.6 is 15.9 Å². The maximum atomic E-state index is 15.0. The molecule has 14 nitrogen and oxygen atoms in total. The summed E-state index contributed by atoms with van der Waals surface area (Å²) >= 11 is 3.07. The number of halogens is 4. The number of nitrogens with zero attached hydrogens (tertiary/aromatic N) is 6. The molecule has 4 fully saturated rings. The third-order valence-electron chi connectivity index (χ3n) is 21.5. The molecule has 6 aromatic carbocycles. The highest BCUT2D eigenvalue weighted by atomic mass is 79.9. The molecule has 0 amide bonds. The summed E-state index contributed by atoms with van der Waals surface area (Å²) in [5.74, 6) is -0.877. The van der Waals surface area contributed by atoms with Crippen LogP contribution in [0.4, 0.5) is 47.3 Å². The molecule has 0 atom stereocenters. The average Bonchev–Trinajstić information content (AvgIpc) is 1.46. The van der Waals surface area contributed by atoms with Crippen molar-refractivity contribution in [1.29, 1.82) is 0 Å². The molecule has 19 heteroatoms. The van der Waals surface area contributed by atoms with Gasteiger partial charge in [-0.05, 0) is 305 Å². The molecule has 0 radical (unpaired) electrons. The van der Waals surface area contributed by atoms with Gasteiger partial charge in [0.15, 0.2) is 17.1 Å². The highest BCUT2D eigenvalue weighted by molar-refractivity contribution is 9.10. The number of benzene rings is 6. The fraction of sp³-hybridized carbons (Fsp3) is 0.423. The first-order valence-corrected chi connectivity index (χ1v) is 34.4. The second-order valence-electron chi connectivity index (χ2n) is 28.2. The van der Waals surface area contributed by atoms with Gasteiger partial charge < -0.3 is 55.5 Å². The second-order valence-corrected chi connectivity index (χ2v) is 28.9. The van der Waals surface area contributed by atoms with Crippen LogP contribution in [0.15, 0.2) is 77.3 Å². The van der Waals surface area contributed by atoms with Crippen LogP contribution in [0.1, 0.15) is 173 Å². The van der Waals surface area contributed by atoms with Crippen LogP contribution in [0, 0.1) is 99.5 Å². The van der Waals surface area contributed by atoms with Crippen molar-refractivity contribution in [2.24, 2.45) is 0 Å². The number of fused-ring (bicyclic) bond motifs is 3. The van der Waals surface area contributed by atoms with Crippen molar-refractivity contribution in [3.8, 4) is 22.3 Å². The summed E-state index contributed by atoms with van der Waals surface area (Å²) in [7, 11) is -0.459. The normalized spacial score (nSPS) is 20.4. The fourth-order valence-corrected chi connectivity index (χ4v) is 15.4. The third-order valence-corrected chi connectivity index (χ3v) is 22.5. The maximum Gasteiger partial charge on any atom is 0.497 e. The van der Waals surface area contributed by atoms with E-state index in [1.807, 2.05) is 78.8 Å². The molecule has 0 bridgehead atoms. The first kappa shape index (κ1) is 71.7. The summed E-state index contributed by atoms with van der Waals surface area (Å²) in [5.41, 5.74) is 35.4. The molecule has 9 N–H and O–H groups in total. The second kappa shape index (κ2) is 28.4. The Bertz CT molecular complexity index is 4430. The van der Waals surface area contributed by atoms with Gasteiger partial charge in [0.2, 0.25) is 0 Å². The molecule has 9 aromatic rings. The van der Waals surface area contributed by atoms with Crippen LogP contribution in [0.25, 0.3) is 69.5 Å². The lowest BCUT2D eigenvalue weighted by molar-refractivity contribution is 0.00578. The van der Waals surface area contributed by atoms with Crippen LogP contribution in [0.3, 0.4) is 0 Å². The van der Waals surface area contributed by atoms with Crippen molar-refractivity contribution in [3.63, 3.8) is 0 Å². The Kier molecular flexibility index (Phi) is 21.0. The van der Waals surface area contributed by atoms with Crippen molar-refractivity contribution < 1.29 is 37.8 Å². The molecule has 1 aliphatic heterocycles. The molecule has 4 aliphatic rings. The summed E-state index contributed by atoms with van der Waals surface area (Å²) in [6, 6.07) is 21.8. The largest absolute Gasteiger partial charge is 0.497 e. The monoisotopic (exact) mass is 1380 g/mol. The molecule has 4 heterocycles. The van der Waals surface area contributed by atoms with Gasteiger partial charge in [-0.15, -0.1) is 0 Å². The van der Waals surface area contributed by atoms with Gasteiger partial charge in [-0.25, -0.2) is 27.7 Å². The number of nitrogen functional groups attached to an aromatic ring is 3. The molecule has 0 unspecified atom stereocenters. The predicted octanol–water partition coefficient (Wildman–Crippen LogP) is 19.0. The van der Waals surface area contributed by atoms with Crippen LogP contribution in [-0.2, 0) is 9.31 Å². The van der Waals surface area contributed by atoms with Crippen molar-refractivity contribution in [2.75, 3.05) is 17.2 Å². The zero-order valence-corrected chi connectivity index (χ0v) is 59.6. The Labute approximate surface area is 577 Å². The van der Waals surface area contributed by atoms with E-state index in [9.17, 15) is 19.7 Å². The van der Waals surface area contributed by atoms with Crippen molar-refractivity contribution in [3.05, 3.63) is 179 Å². The Hall–Kier alpha value is -8.06. The van der Waals surface area contributed by atoms with Crippen LogP contribution in [0.5, 0.6) is 0 Å². The Balaban J connectivity index is 0.000000147. The van der Waals surface area contributed by atoms with Crippen LogP contribution in [0.2, 0.25) is 0 Å². The Morgan fingerprint density at radius 3 is 1.07 bits per heavy atom. The lowest BCUT2D eigenvalue weighted by Gasteiger charge is -2.32. The van der Waals surface area contributed by atoms with Gasteiger partial charge in [0, 0.05) is 96.5 Å². The van der Waals surface area contributed by atoms with E-state index in [1.54, 1.807) is 25.1 Å². The van der Waals surface area contributed by atoms with E-state index in [1.165, 1.54) is 18.2 Å². The minimum atomic E-state index is -0.459. The molecule has 3 aromatic heterocycles. The average molecular weight is 1380 g/mol. The molecule has 3 saturated carbocycles. The summed E-state index contributed by atoms with van der Waals surface area (Å²) in [4.78, 5) is 11.1. The number of hydrogen-bond donors (Lipinski definition) is 6. The van der Waals surface area contributed by atoms with Gasteiger partial charge in [-0.2, -0.15) is 0 Å². The highest BCUT2D eigenvalue weighted by Crippen LogP contribution is 2.48. The van der Waals surface area contributed by atoms with E-state index in [-0.39, 0.29) is 47.8 Å². The summed E-state index contributed by atoms with van der Waals surface area (Å²) in [6.45, 7) is 48.4. The molecule has 508 valence electrons. The van der Waals surface area contributed by atoms with Gasteiger partial charge in [-0.1, -0.05) is 0 Å². The van der Waals surface area contributed by atoms with E-state index in [2.05, 4.69) is 84.9 Å². The molecule has 97 heavy (non-hydrogen) atoms. The third kappa shape index (κ3) is 13.7. The van der Waals surface area contributed by atoms with E-state index >= 15 is 8.78 Å². The molecule has 13 rings (SSSR count). The molecule has 0 spiro atoms. The van der Waals surface area contributed by atoms with Crippen molar-refractivity contribution >= 4 is 95.3 Å². The number of anilines is 3. The number of aliphatic hydroxyl groups excluding tert-OH is 3. The first-order chi connectivity index (χ1) is 45.8. The molecule has 1 saturated heterocycles. The zero-order valence-electron chi connectivity index (χ0n) is 58.0. The lowest BCUT2D eigenvalue weighted by Crippen LogP contribution is -2.41. The van der Waals surface area contributed by atoms with Gasteiger partial charge in [0.05, 0.1) is 53.7 Å². The number of hydrogen-bond acceptors (Lipinski definition) is 8. The minimum Gasteiger partial charge on any atom is -0.399 e. The van der Waals surface area contributed by atoms with E-state index in [0.717, 1.165) is 177 Å². The summed E-state index contributed by atoms with van der Waals surface area (Å²) < 4.78 is 63.0. The van der Waals surface area contributed by atoms with Gasteiger partial charge in [0.1, 0.15) is 17.5 Å². The van der Waals surface area contributed by atoms with Gasteiger partial charge in [0.25, 0.3) is 0 Å². The quantitative estimate of drug-likeness (QED) is 0.0540. The predicted molar refractivity (Wildman–Crippen MR) is 392 cm³/mol. The Morgan fingerprint density at radius 1 is 0.443 bits per heavy atom. The summed E-state index contributed by atoms with van der Waals surface area (Å²) in [6.07, 6.45) is 9.50. The van der Waals surface area contributed by atoms with E-state index < -0.39 is 18.3 Å². The smallest absolute Gasteiger partial charge is 0.399 e. The van der Waals surface area contributed by atoms with Crippen LogP contribution in [-0.4, -0.2) is 65.7 Å². The van der Waals surface area contributed by atoms with E-state index in [0.29, 0.717) is 55.8 Å². The topological polar surface area (TPSA) is 185 Å². The fourth-order valence-electron chi connectivity index (χ4n) is 15.0. The SMILES string of the molecule is Cc1c(N)ccc(F)c1Br.[C-]#[N+]c1cc2c(-c3c(F)ccc(N)c3C)c(C)n(C3CCC(O)CC3)c2cc1C.[C-]#[N+]c1cc2c(-c3c(F)ccc(N)c3C)c(C)n(C3CCC(O)CC3)c2cc1C.[C-]#[N+]c1cc2c(B3OC(C)(C)C(C)(C)O3)c(C)n(C3CCC(O)CC3)c2cc1C. The lowest BCUT2D eigenvalue weighted by atomic mass is 9.76. The molecular weight excluding hydrogens is 1290 g/mol. The summed E-state index contributed by atoms with van der Waals surface area (Å²) in [5, 5.41) is 32.7. The number of aromatic nitrogens is 3. The number of aliphatic hydroxyl groups is 3. The number of nitrogens with two attached hydrogens (primary N) is 3. The van der Waals surface area contributed by atoms with Gasteiger partial charge >= 0.3 is 7.12 Å². The standard InChI is InChI=1S/2C24H26FN3O.C23H31BN2O3.C7H7BrFN/c2*1-13-11-22-18(12-21(13)27-4)24(23-14(2)20(26)10-9-19(23)25)15(3)28(22)16-5-7-17(29)8-6-16;1-14-12-20-18(13-19(14)25-7)21(24-28-22(3,4)23(5,6)29-24)15(2)26(20)16-8-10-17(27)11-9-16;1-4-6(10)3-2-5(9)7(4)8/h2*9-12,16-17,29H,5-8,26H2,1-3H3;12-13,16-17,27H,8-11H2,1-6H3;2-3H,10H2,1H3. The highest BCUT2D eigenvalue weighted by Gasteiger charge is 2.53. The van der Waals surface area contributed by atoms with Crippen molar-refractivity contribution in [1.82, 2.24) is 13.7 Å². The first-order valence-electron chi connectivity index (χ1n) is 33.6. The minimum absolute atomic E-state index is 0.189. The Morgan fingerprint density at radius 2 is 0.742 bits per heavy atom. The van der Waals surface area contributed by atoms with Gasteiger partial charge in [-0.3, -0.25) is 0 Å². The number of rotatable bonds is 6.